The van der Waals surface area contributed by atoms with Crippen molar-refractivity contribution in [3.8, 4) is 0 Å². The molecule has 150 valence electrons. The van der Waals surface area contributed by atoms with Gasteiger partial charge >= 0.3 is 15.6 Å². The first-order valence-electron chi connectivity index (χ1n) is 7.86. The van der Waals surface area contributed by atoms with Crippen molar-refractivity contribution >= 4 is 32.6 Å². The number of hydrogen-bond donors (Lipinski definition) is 5. The van der Waals surface area contributed by atoms with E-state index in [1.807, 2.05) is 0 Å². The number of phosphoric ester groups is 2. The third-order valence-corrected chi connectivity index (χ3v) is 5.35. The Labute approximate surface area is 153 Å². The van der Waals surface area contributed by atoms with Crippen LogP contribution in [0.5, 0.6) is 0 Å². The minimum absolute atomic E-state index is 0.185. The van der Waals surface area contributed by atoms with E-state index in [0.29, 0.717) is 23.4 Å². The van der Waals surface area contributed by atoms with Gasteiger partial charge in [0.2, 0.25) is 0 Å². The molecular formula is C12H19N5O8P2. The van der Waals surface area contributed by atoms with E-state index in [2.05, 4.69) is 24.8 Å². The summed E-state index contributed by atoms with van der Waals surface area (Å²) in [7, 11) is -7.82. The summed E-state index contributed by atoms with van der Waals surface area (Å²) in [6, 6.07) is -0.309. The zero-order chi connectivity index (χ0) is 19.8. The Balaban J connectivity index is 1.86. The number of nitrogens with zero attached hydrogens (tertiary/aromatic N) is 4. The van der Waals surface area contributed by atoms with E-state index < -0.39 is 34.3 Å². The lowest BCUT2D eigenvalue weighted by Crippen LogP contribution is -2.21. The maximum absolute atomic E-state index is 11.3. The lowest BCUT2D eigenvalue weighted by atomic mass is 10.1. The average molecular weight is 423 g/mol. The van der Waals surface area contributed by atoms with E-state index in [1.54, 1.807) is 11.6 Å². The van der Waals surface area contributed by atoms with Gasteiger partial charge in [0.1, 0.15) is 11.8 Å². The lowest BCUT2D eigenvalue weighted by molar-refractivity contribution is 0.0738. The fourth-order valence-corrected chi connectivity index (χ4v) is 4.26. The number of fused-ring (bicyclic) bond motifs is 1. The third kappa shape index (κ3) is 4.89. The molecule has 2 heterocycles. The molecule has 15 heteroatoms. The number of phosphoric acid groups is 2. The zero-order valence-electron chi connectivity index (χ0n) is 14.1. The third-order valence-electron chi connectivity index (χ3n) is 4.32. The maximum atomic E-state index is 11.3. The highest BCUT2D eigenvalue weighted by Gasteiger charge is 2.41. The van der Waals surface area contributed by atoms with Crippen molar-refractivity contribution in [2.75, 3.05) is 19.0 Å². The van der Waals surface area contributed by atoms with Crippen molar-refractivity contribution in [1.29, 1.82) is 0 Å². The molecule has 0 amide bonds. The largest absolute Gasteiger partial charge is 0.469 e. The van der Waals surface area contributed by atoms with Crippen molar-refractivity contribution in [1.82, 2.24) is 19.5 Å². The van der Waals surface area contributed by atoms with Crippen LogP contribution in [0.4, 0.5) is 5.82 Å². The van der Waals surface area contributed by atoms with Crippen molar-refractivity contribution in [2.24, 2.45) is 5.92 Å². The van der Waals surface area contributed by atoms with E-state index in [-0.39, 0.29) is 12.5 Å². The second-order valence-corrected chi connectivity index (χ2v) is 8.53. The number of imidazole rings is 1. The molecule has 13 nitrogen and oxygen atoms in total. The molecule has 0 spiro atoms. The van der Waals surface area contributed by atoms with Gasteiger partial charge in [-0.2, -0.15) is 0 Å². The molecule has 2 aromatic rings. The molecule has 0 bridgehead atoms. The summed E-state index contributed by atoms with van der Waals surface area (Å²) in [6.45, 7) is -0.408. The fraction of sp³-hybridized carbons (Fsp3) is 0.583. The summed E-state index contributed by atoms with van der Waals surface area (Å²) in [4.78, 5) is 48.6. The van der Waals surface area contributed by atoms with Gasteiger partial charge in [0.25, 0.3) is 0 Å². The Morgan fingerprint density at radius 2 is 1.93 bits per heavy atom. The number of aromatic nitrogens is 4. The van der Waals surface area contributed by atoms with Crippen LogP contribution in [0.2, 0.25) is 0 Å². The smallest absolute Gasteiger partial charge is 0.371 e. The van der Waals surface area contributed by atoms with Crippen LogP contribution in [0.1, 0.15) is 18.9 Å². The molecule has 0 saturated heterocycles. The van der Waals surface area contributed by atoms with E-state index in [9.17, 15) is 9.13 Å². The second kappa shape index (κ2) is 7.53. The quantitative estimate of drug-likeness (QED) is 0.386. The minimum atomic E-state index is -4.79. The van der Waals surface area contributed by atoms with Crippen LogP contribution in [0, 0.1) is 5.92 Å². The summed E-state index contributed by atoms with van der Waals surface area (Å²) in [5, 5.41) is 2.90. The minimum Gasteiger partial charge on any atom is -0.371 e. The summed E-state index contributed by atoms with van der Waals surface area (Å²) >= 11 is 0. The molecule has 1 saturated carbocycles. The number of rotatable bonds is 7. The number of nitrogens with one attached hydrogen (secondary N) is 1. The molecule has 27 heavy (non-hydrogen) atoms. The van der Waals surface area contributed by atoms with Gasteiger partial charge in [-0.25, -0.2) is 24.1 Å². The summed E-state index contributed by atoms with van der Waals surface area (Å²) < 4.78 is 33.3. The van der Waals surface area contributed by atoms with Crippen LogP contribution in [-0.4, -0.2) is 58.9 Å². The molecule has 3 atom stereocenters. The molecule has 0 aliphatic heterocycles. The fourth-order valence-electron chi connectivity index (χ4n) is 3.26. The van der Waals surface area contributed by atoms with E-state index in [4.69, 9.17) is 24.1 Å². The first-order valence-corrected chi connectivity index (χ1v) is 10.9. The zero-order valence-corrected chi connectivity index (χ0v) is 15.9. The maximum Gasteiger partial charge on any atom is 0.469 e. The Bertz CT molecular complexity index is 910. The highest BCUT2D eigenvalue weighted by molar-refractivity contribution is 7.46. The summed E-state index contributed by atoms with van der Waals surface area (Å²) in [5.74, 6) is -0.112. The number of hydrogen-bond acceptors (Lipinski definition) is 8. The van der Waals surface area contributed by atoms with Crippen molar-refractivity contribution in [3.05, 3.63) is 12.7 Å². The van der Waals surface area contributed by atoms with Gasteiger partial charge in [0, 0.05) is 19.0 Å². The molecule has 1 aliphatic carbocycles. The highest BCUT2D eigenvalue weighted by Crippen LogP contribution is 2.48. The van der Waals surface area contributed by atoms with E-state index >= 15 is 0 Å². The van der Waals surface area contributed by atoms with Crippen LogP contribution >= 0.6 is 15.6 Å². The molecule has 2 aromatic heterocycles. The summed E-state index contributed by atoms with van der Waals surface area (Å²) in [5.41, 5.74) is 1.05. The van der Waals surface area contributed by atoms with Gasteiger partial charge in [0.15, 0.2) is 11.5 Å². The topological polar surface area (TPSA) is 189 Å². The average Bonchev–Trinajstić information content (AvgIpc) is 3.14. The lowest BCUT2D eigenvalue weighted by Gasteiger charge is -2.19. The van der Waals surface area contributed by atoms with Gasteiger partial charge in [-0.05, 0) is 12.8 Å². The Morgan fingerprint density at radius 1 is 1.19 bits per heavy atom. The van der Waals surface area contributed by atoms with Crippen molar-refractivity contribution in [3.63, 3.8) is 0 Å². The standard InChI is InChI=1S/C12H19N5O8P2/c1-13-11-10-12(15-5-14-11)17(6-16-10)8-2-7(4-24-26(18,19)20)9(3-8)25-27(21,22)23/h5-9H,2-4H2,1H3,(H,13,14,15)(H2,18,19,20)(H2,21,22,23)/t7-,8-,9?/m1/s1. The first-order chi connectivity index (χ1) is 12.6. The van der Waals surface area contributed by atoms with Gasteiger partial charge in [0.05, 0.1) is 19.0 Å². The van der Waals surface area contributed by atoms with Crippen LogP contribution in [-0.2, 0) is 18.2 Å². The Morgan fingerprint density at radius 3 is 2.56 bits per heavy atom. The summed E-state index contributed by atoms with van der Waals surface area (Å²) in [6.07, 6.45) is 2.43. The molecular weight excluding hydrogens is 404 g/mol. The molecule has 1 aliphatic rings. The molecule has 0 aromatic carbocycles. The normalized spacial score (nSPS) is 23.8. The monoisotopic (exact) mass is 423 g/mol. The predicted octanol–water partition coefficient (Wildman–Crippen LogP) is 0.406. The molecule has 1 fully saturated rings. The van der Waals surface area contributed by atoms with Gasteiger partial charge in [-0.1, -0.05) is 0 Å². The molecule has 3 rings (SSSR count). The molecule has 1 unspecified atom stereocenters. The van der Waals surface area contributed by atoms with Crippen LogP contribution in [0.25, 0.3) is 11.2 Å². The SMILES string of the molecule is CNc1ncnc2c1ncn2[C@H]1CC(OP(=O)(O)O)[C@@H](COP(=O)(O)O)C1. The Hall–Kier alpha value is -1.43. The van der Waals surface area contributed by atoms with Gasteiger partial charge < -0.3 is 29.5 Å². The Kier molecular flexibility index (Phi) is 5.67. The molecule has 0 radical (unpaired) electrons. The van der Waals surface area contributed by atoms with Crippen LogP contribution in [0.15, 0.2) is 12.7 Å². The van der Waals surface area contributed by atoms with Gasteiger partial charge in [-0.15, -0.1) is 0 Å². The second-order valence-electron chi connectivity index (χ2n) is 6.10. The van der Waals surface area contributed by atoms with Crippen LogP contribution in [0.3, 0.4) is 0 Å². The van der Waals surface area contributed by atoms with E-state index in [1.165, 1.54) is 12.7 Å². The van der Waals surface area contributed by atoms with Gasteiger partial charge in [-0.3, -0.25) is 9.05 Å². The predicted molar refractivity (Wildman–Crippen MR) is 91.5 cm³/mol. The molecule has 5 N–H and O–H groups in total. The van der Waals surface area contributed by atoms with Crippen molar-refractivity contribution < 1.29 is 37.8 Å². The number of anilines is 1. The highest BCUT2D eigenvalue weighted by atomic mass is 31.2. The van der Waals surface area contributed by atoms with Crippen molar-refractivity contribution in [2.45, 2.75) is 25.0 Å². The van der Waals surface area contributed by atoms with Crippen LogP contribution < -0.4 is 5.32 Å². The first kappa shape index (κ1) is 20.3. The van der Waals surface area contributed by atoms with E-state index in [0.717, 1.165) is 0 Å².